The van der Waals surface area contributed by atoms with Crippen LogP contribution >= 0.6 is 11.3 Å². The van der Waals surface area contributed by atoms with Crippen molar-refractivity contribution in [2.45, 2.75) is 70.6 Å². The van der Waals surface area contributed by atoms with Crippen LogP contribution in [-0.4, -0.2) is 12.2 Å². The zero-order valence-corrected chi connectivity index (χ0v) is 13.7. The highest BCUT2D eigenvalue weighted by atomic mass is 32.1. The molecule has 1 fully saturated rings. The monoisotopic (exact) mass is 319 g/mol. The topological polar surface area (TPSA) is 12.0 Å². The van der Waals surface area contributed by atoms with Crippen LogP contribution in [0.3, 0.4) is 0 Å². The van der Waals surface area contributed by atoms with Crippen LogP contribution in [0.1, 0.15) is 56.2 Å². The number of alkyl halides is 3. The Morgan fingerprint density at radius 3 is 2.38 bits per heavy atom. The zero-order chi connectivity index (χ0) is 15.7. The second kappa shape index (κ2) is 6.29. The van der Waals surface area contributed by atoms with E-state index in [4.69, 9.17) is 0 Å². The SMILES string of the molecule is CC(C)(C)c1ccc(CNC2CCCCC2C(F)(F)F)s1. The largest absolute Gasteiger partial charge is 0.393 e. The van der Waals surface area contributed by atoms with E-state index in [9.17, 15) is 13.2 Å². The van der Waals surface area contributed by atoms with Gasteiger partial charge in [0.25, 0.3) is 0 Å². The molecule has 0 radical (unpaired) electrons. The first-order valence-corrected chi connectivity index (χ1v) is 8.39. The first kappa shape index (κ1) is 16.8. The third-order valence-electron chi connectivity index (χ3n) is 4.13. The minimum Gasteiger partial charge on any atom is -0.308 e. The van der Waals surface area contributed by atoms with Crippen LogP contribution < -0.4 is 5.32 Å². The highest BCUT2D eigenvalue weighted by Gasteiger charge is 2.45. The Labute approximate surface area is 128 Å². The van der Waals surface area contributed by atoms with Crippen LogP contribution in [0.15, 0.2) is 12.1 Å². The van der Waals surface area contributed by atoms with Crippen LogP contribution in [0.25, 0.3) is 0 Å². The van der Waals surface area contributed by atoms with Crippen molar-refractivity contribution in [2.75, 3.05) is 0 Å². The molecule has 2 rings (SSSR count). The van der Waals surface area contributed by atoms with Crippen molar-refractivity contribution < 1.29 is 13.2 Å². The predicted molar refractivity (Wildman–Crippen MR) is 81.7 cm³/mol. The van der Waals surface area contributed by atoms with Gasteiger partial charge < -0.3 is 5.32 Å². The average molecular weight is 319 g/mol. The number of hydrogen-bond acceptors (Lipinski definition) is 2. The van der Waals surface area contributed by atoms with Crippen LogP contribution in [0.2, 0.25) is 0 Å². The van der Waals surface area contributed by atoms with Crippen LogP contribution in [-0.2, 0) is 12.0 Å². The molecule has 5 heteroatoms. The number of halogens is 3. The molecule has 1 aliphatic rings. The standard InChI is InChI=1S/C16H24F3NS/c1-15(2,3)14-9-8-11(21-14)10-20-13-7-5-4-6-12(13)16(17,18)19/h8-9,12-13,20H,4-7,10H2,1-3H3. The number of nitrogens with one attached hydrogen (secondary N) is 1. The minimum absolute atomic E-state index is 0.0995. The van der Waals surface area contributed by atoms with Gasteiger partial charge in [0.05, 0.1) is 5.92 Å². The molecule has 1 aromatic rings. The summed E-state index contributed by atoms with van der Waals surface area (Å²) in [5.74, 6) is -1.19. The highest BCUT2D eigenvalue weighted by molar-refractivity contribution is 7.12. The van der Waals surface area contributed by atoms with Gasteiger partial charge in [0, 0.05) is 22.3 Å². The third kappa shape index (κ3) is 4.46. The van der Waals surface area contributed by atoms with E-state index in [1.807, 2.05) is 6.07 Å². The normalized spacial score (nSPS) is 24.3. The number of thiophene rings is 1. The van der Waals surface area contributed by atoms with Crippen LogP contribution in [0.5, 0.6) is 0 Å². The van der Waals surface area contributed by atoms with Gasteiger partial charge in [-0.05, 0) is 30.4 Å². The van der Waals surface area contributed by atoms with Gasteiger partial charge in [-0.1, -0.05) is 33.6 Å². The van der Waals surface area contributed by atoms with Crippen molar-refractivity contribution in [3.05, 3.63) is 21.9 Å². The highest BCUT2D eigenvalue weighted by Crippen LogP contribution is 2.38. The fraction of sp³-hybridized carbons (Fsp3) is 0.750. The molecule has 1 saturated carbocycles. The Morgan fingerprint density at radius 2 is 1.81 bits per heavy atom. The van der Waals surface area contributed by atoms with E-state index in [2.05, 4.69) is 32.2 Å². The molecular weight excluding hydrogens is 295 g/mol. The average Bonchev–Trinajstić information content (AvgIpc) is 2.84. The van der Waals surface area contributed by atoms with Crippen LogP contribution in [0, 0.1) is 5.92 Å². The van der Waals surface area contributed by atoms with Gasteiger partial charge >= 0.3 is 6.18 Å². The van der Waals surface area contributed by atoms with Crippen molar-refractivity contribution >= 4 is 11.3 Å². The lowest BCUT2D eigenvalue weighted by atomic mass is 9.84. The molecule has 2 unspecified atom stereocenters. The molecule has 1 heterocycles. The van der Waals surface area contributed by atoms with E-state index in [1.165, 1.54) is 4.88 Å². The molecule has 21 heavy (non-hydrogen) atoms. The molecule has 1 aliphatic carbocycles. The molecular formula is C16H24F3NS. The summed E-state index contributed by atoms with van der Waals surface area (Å²) >= 11 is 1.69. The van der Waals surface area contributed by atoms with Gasteiger partial charge in [-0.3, -0.25) is 0 Å². The summed E-state index contributed by atoms with van der Waals surface area (Å²) in [4.78, 5) is 2.39. The molecule has 2 atom stereocenters. The molecule has 1 aromatic heterocycles. The van der Waals surface area contributed by atoms with E-state index in [0.29, 0.717) is 19.4 Å². The Bertz CT molecular complexity index is 459. The summed E-state index contributed by atoms with van der Waals surface area (Å²) in [5, 5.41) is 3.15. The van der Waals surface area contributed by atoms with E-state index >= 15 is 0 Å². The summed E-state index contributed by atoms with van der Waals surface area (Å²) in [7, 11) is 0. The lowest BCUT2D eigenvalue weighted by Gasteiger charge is -2.33. The Balaban J connectivity index is 1.96. The first-order chi connectivity index (χ1) is 9.68. The van der Waals surface area contributed by atoms with E-state index in [1.54, 1.807) is 11.3 Å². The van der Waals surface area contributed by atoms with Crippen LogP contribution in [0.4, 0.5) is 13.2 Å². The van der Waals surface area contributed by atoms with Gasteiger partial charge in [-0.25, -0.2) is 0 Å². The molecule has 0 saturated heterocycles. The lowest BCUT2D eigenvalue weighted by molar-refractivity contribution is -0.189. The maximum atomic E-state index is 13.0. The number of hydrogen-bond donors (Lipinski definition) is 1. The van der Waals surface area contributed by atoms with Crippen molar-refractivity contribution in [3.63, 3.8) is 0 Å². The van der Waals surface area contributed by atoms with Crippen molar-refractivity contribution in [2.24, 2.45) is 5.92 Å². The molecule has 0 spiro atoms. The molecule has 0 amide bonds. The van der Waals surface area contributed by atoms with E-state index in [-0.39, 0.29) is 11.8 Å². The molecule has 0 aliphatic heterocycles. The third-order valence-corrected chi connectivity index (χ3v) is 5.64. The van der Waals surface area contributed by atoms with Gasteiger partial charge in [0.1, 0.15) is 0 Å². The van der Waals surface area contributed by atoms with Crippen molar-refractivity contribution in [1.82, 2.24) is 5.32 Å². The zero-order valence-electron chi connectivity index (χ0n) is 12.9. The van der Waals surface area contributed by atoms with Crippen molar-refractivity contribution in [1.29, 1.82) is 0 Å². The maximum absolute atomic E-state index is 13.0. The fourth-order valence-corrected chi connectivity index (χ4v) is 3.89. The summed E-state index contributed by atoms with van der Waals surface area (Å²) in [6.45, 7) is 6.99. The Kier molecular flexibility index (Phi) is 5.03. The van der Waals surface area contributed by atoms with Crippen molar-refractivity contribution in [3.8, 4) is 0 Å². The summed E-state index contributed by atoms with van der Waals surface area (Å²) in [6.07, 6.45) is -1.61. The molecule has 0 bridgehead atoms. The first-order valence-electron chi connectivity index (χ1n) is 7.57. The fourth-order valence-electron chi connectivity index (χ4n) is 2.87. The summed E-state index contributed by atoms with van der Waals surface area (Å²) in [6, 6.07) is 3.69. The second-order valence-corrected chi connectivity index (χ2v) is 8.10. The smallest absolute Gasteiger partial charge is 0.308 e. The van der Waals surface area contributed by atoms with Gasteiger partial charge in [-0.2, -0.15) is 13.2 Å². The van der Waals surface area contributed by atoms with Gasteiger partial charge in [0.2, 0.25) is 0 Å². The van der Waals surface area contributed by atoms with Gasteiger partial charge in [0.15, 0.2) is 0 Å². The lowest BCUT2D eigenvalue weighted by Crippen LogP contribution is -2.45. The quantitative estimate of drug-likeness (QED) is 0.801. The number of rotatable bonds is 3. The summed E-state index contributed by atoms with van der Waals surface area (Å²) in [5.41, 5.74) is 0.0995. The maximum Gasteiger partial charge on any atom is 0.393 e. The summed E-state index contributed by atoms with van der Waals surface area (Å²) < 4.78 is 39.1. The molecule has 1 nitrogen and oxygen atoms in total. The predicted octanol–water partition coefficient (Wildman–Crippen LogP) is 5.26. The van der Waals surface area contributed by atoms with Gasteiger partial charge in [-0.15, -0.1) is 11.3 Å². The minimum atomic E-state index is -4.08. The van der Waals surface area contributed by atoms with E-state index < -0.39 is 18.1 Å². The second-order valence-electron chi connectivity index (χ2n) is 6.94. The van der Waals surface area contributed by atoms with E-state index in [0.717, 1.165) is 11.3 Å². The molecule has 1 N–H and O–H groups in total. The molecule has 120 valence electrons. The Hall–Kier alpha value is -0.550. The molecule has 0 aromatic carbocycles. The Morgan fingerprint density at radius 1 is 1.14 bits per heavy atom.